The first-order valence-corrected chi connectivity index (χ1v) is 3.88. The highest BCUT2D eigenvalue weighted by Crippen LogP contribution is 2.21. The number of benzene rings is 1. The van der Waals surface area contributed by atoms with Gasteiger partial charge in [0.1, 0.15) is 0 Å². The minimum absolute atomic E-state index is 0.563. The molecule has 0 aliphatic heterocycles. The van der Waals surface area contributed by atoms with E-state index in [4.69, 9.17) is 39.9 Å². The molecule has 1 nitrogen and oxygen atoms in total. The fraction of sp³-hybridized carbons (Fsp3) is 0.143. The Labute approximate surface area is 80.5 Å². The van der Waals surface area contributed by atoms with Gasteiger partial charge in [0.2, 0.25) is 0 Å². The van der Waals surface area contributed by atoms with E-state index in [9.17, 15) is 0 Å². The molecule has 1 aromatic carbocycles. The van der Waals surface area contributed by atoms with E-state index < -0.39 is 0 Å². The van der Waals surface area contributed by atoms with Crippen LogP contribution in [0.5, 0.6) is 0 Å². The summed E-state index contributed by atoms with van der Waals surface area (Å²) in [6.07, 6.45) is 0. The Morgan fingerprint density at radius 2 is 1.00 bits per heavy atom. The van der Waals surface area contributed by atoms with Gasteiger partial charge >= 0.3 is 0 Å². The Kier molecular flexibility index (Phi) is 5.69. The number of hydrogen-bond donors (Lipinski definition) is 1. The maximum atomic E-state index is 7.00. The van der Waals surface area contributed by atoms with Crippen LogP contribution < -0.4 is 0 Å². The Morgan fingerprint density at radius 1 is 0.818 bits per heavy atom. The van der Waals surface area contributed by atoms with E-state index in [-0.39, 0.29) is 0 Å². The first kappa shape index (κ1) is 11.1. The minimum atomic E-state index is 0.563. The Bertz CT molecular complexity index is 174. The summed E-state index contributed by atoms with van der Waals surface area (Å²) in [6, 6.07) is 4.90. The molecule has 0 unspecified atom stereocenters. The van der Waals surface area contributed by atoms with Crippen LogP contribution in [0.1, 0.15) is 0 Å². The molecule has 0 amide bonds. The van der Waals surface area contributed by atoms with Gasteiger partial charge in [0.05, 0.1) is 0 Å². The van der Waals surface area contributed by atoms with E-state index in [2.05, 4.69) is 0 Å². The first-order chi connectivity index (χ1) is 5.18. The van der Waals surface area contributed by atoms with E-state index in [1.54, 1.807) is 18.2 Å². The van der Waals surface area contributed by atoms with Crippen molar-refractivity contribution in [2.75, 3.05) is 7.11 Å². The number of rotatable bonds is 0. The highest BCUT2D eigenvalue weighted by Gasteiger charge is 1.92. The molecule has 0 atom stereocenters. The molecule has 0 aliphatic carbocycles. The average Bonchev–Trinajstić information content (AvgIpc) is 1.88. The number of halogens is 3. The van der Waals surface area contributed by atoms with Gasteiger partial charge < -0.3 is 5.11 Å². The lowest BCUT2D eigenvalue weighted by Crippen LogP contribution is -1.65. The zero-order valence-electron chi connectivity index (χ0n) is 5.81. The molecule has 0 saturated heterocycles. The molecule has 1 aromatic rings. The topological polar surface area (TPSA) is 20.2 Å². The number of aliphatic hydroxyl groups is 1. The van der Waals surface area contributed by atoms with Gasteiger partial charge in [-0.2, -0.15) is 0 Å². The standard InChI is InChI=1S/C6H3Cl3.CH4O/c7-4-1-5(8)3-6(9)2-4;1-2/h1-3H;2H,1H3. The molecule has 1 N–H and O–H groups in total. The van der Waals surface area contributed by atoms with Crippen LogP contribution in [-0.2, 0) is 0 Å². The Balaban J connectivity index is 0.000000461. The quantitative estimate of drug-likeness (QED) is 0.701. The van der Waals surface area contributed by atoms with E-state index in [0.717, 1.165) is 7.11 Å². The molecule has 0 aliphatic rings. The van der Waals surface area contributed by atoms with Crippen molar-refractivity contribution < 1.29 is 5.11 Å². The second-order valence-electron chi connectivity index (χ2n) is 1.59. The van der Waals surface area contributed by atoms with E-state index in [1.807, 2.05) is 0 Å². The summed E-state index contributed by atoms with van der Waals surface area (Å²) >= 11 is 16.7. The largest absolute Gasteiger partial charge is 0.400 e. The first-order valence-electron chi connectivity index (χ1n) is 2.75. The molecule has 0 saturated carbocycles. The van der Waals surface area contributed by atoms with Gasteiger partial charge in [-0.3, -0.25) is 0 Å². The van der Waals surface area contributed by atoms with E-state index in [1.165, 1.54) is 0 Å². The highest BCUT2D eigenvalue weighted by atomic mass is 35.5. The third-order valence-corrected chi connectivity index (χ3v) is 1.48. The molecular weight excluding hydrogens is 206 g/mol. The Morgan fingerprint density at radius 3 is 1.18 bits per heavy atom. The molecule has 0 fully saturated rings. The third kappa shape index (κ3) is 4.49. The summed E-state index contributed by atoms with van der Waals surface area (Å²) in [7, 11) is 1.00. The molecule has 62 valence electrons. The lowest BCUT2D eigenvalue weighted by molar-refractivity contribution is 0.399. The van der Waals surface area contributed by atoms with Crippen LogP contribution in [0.2, 0.25) is 15.1 Å². The summed E-state index contributed by atoms with van der Waals surface area (Å²) in [5, 5.41) is 8.69. The van der Waals surface area contributed by atoms with E-state index >= 15 is 0 Å². The monoisotopic (exact) mass is 212 g/mol. The normalized spacial score (nSPS) is 8.45. The molecule has 4 heteroatoms. The second-order valence-corrected chi connectivity index (χ2v) is 2.90. The number of aliphatic hydroxyl groups excluding tert-OH is 1. The zero-order valence-corrected chi connectivity index (χ0v) is 8.08. The zero-order chi connectivity index (χ0) is 8.85. The van der Waals surface area contributed by atoms with Crippen LogP contribution in [0.4, 0.5) is 0 Å². The third-order valence-electron chi connectivity index (χ3n) is 0.827. The van der Waals surface area contributed by atoms with E-state index in [0.29, 0.717) is 15.1 Å². The average molecular weight is 213 g/mol. The molecule has 0 radical (unpaired) electrons. The molecule has 11 heavy (non-hydrogen) atoms. The van der Waals surface area contributed by atoms with Gasteiger partial charge in [0.25, 0.3) is 0 Å². The molecular formula is C7H7Cl3O. The predicted octanol–water partition coefficient (Wildman–Crippen LogP) is 3.26. The molecule has 1 rings (SSSR count). The van der Waals surface area contributed by atoms with Crippen molar-refractivity contribution in [1.82, 2.24) is 0 Å². The van der Waals surface area contributed by atoms with Gasteiger partial charge in [0.15, 0.2) is 0 Å². The summed E-state index contributed by atoms with van der Waals surface area (Å²) in [5.41, 5.74) is 0. The lowest BCUT2D eigenvalue weighted by Gasteiger charge is -1.91. The second kappa shape index (κ2) is 5.67. The van der Waals surface area contributed by atoms with Crippen molar-refractivity contribution in [2.24, 2.45) is 0 Å². The highest BCUT2D eigenvalue weighted by molar-refractivity contribution is 6.38. The smallest absolute Gasteiger partial charge is 0.0435 e. The molecule has 0 spiro atoms. The maximum absolute atomic E-state index is 7.00. The minimum Gasteiger partial charge on any atom is -0.400 e. The van der Waals surface area contributed by atoms with Gasteiger partial charge in [-0.25, -0.2) is 0 Å². The molecule has 0 bridgehead atoms. The fourth-order valence-corrected chi connectivity index (χ4v) is 1.39. The molecule has 0 aromatic heterocycles. The number of hydrogen-bond acceptors (Lipinski definition) is 1. The van der Waals surface area contributed by atoms with Crippen LogP contribution in [0.3, 0.4) is 0 Å². The van der Waals surface area contributed by atoms with Crippen molar-refractivity contribution in [2.45, 2.75) is 0 Å². The van der Waals surface area contributed by atoms with Gasteiger partial charge in [-0.1, -0.05) is 34.8 Å². The summed E-state index contributed by atoms with van der Waals surface area (Å²) in [5.74, 6) is 0. The SMILES string of the molecule is CO.Clc1cc(Cl)cc(Cl)c1. The molecule has 0 heterocycles. The summed E-state index contributed by atoms with van der Waals surface area (Å²) in [6.45, 7) is 0. The van der Waals surface area contributed by atoms with Crippen LogP contribution in [0, 0.1) is 0 Å². The van der Waals surface area contributed by atoms with Gasteiger partial charge in [-0.15, -0.1) is 0 Å². The van der Waals surface area contributed by atoms with Crippen LogP contribution >= 0.6 is 34.8 Å². The van der Waals surface area contributed by atoms with Crippen LogP contribution in [0.15, 0.2) is 18.2 Å². The van der Waals surface area contributed by atoms with Crippen molar-refractivity contribution in [3.8, 4) is 0 Å². The van der Waals surface area contributed by atoms with Gasteiger partial charge in [-0.05, 0) is 18.2 Å². The lowest BCUT2D eigenvalue weighted by atomic mass is 10.4. The maximum Gasteiger partial charge on any atom is 0.0435 e. The van der Waals surface area contributed by atoms with Crippen LogP contribution in [0.25, 0.3) is 0 Å². The predicted molar refractivity (Wildman–Crippen MR) is 49.6 cm³/mol. The Hall–Kier alpha value is 0.0500. The van der Waals surface area contributed by atoms with Crippen molar-refractivity contribution in [3.63, 3.8) is 0 Å². The summed E-state index contributed by atoms with van der Waals surface area (Å²) < 4.78 is 0. The summed E-state index contributed by atoms with van der Waals surface area (Å²) in [4.78, 5) is 0. The van der Waals surface area contributed by atoms with Crippen molar-refractivity contribution in [1.29, 1.82) is 0 Å². The van der Waals surface area contributed by atoms with Gasteiger partial charge in [0, 0.05) is 22.2 Å². The van der Waals surface area contributed by atoms with Crippen molar-refractivity contribution >= 4 is 34.8 Å². The van der Waals surface area contributed by atoms with Crippen LogP contribution in [-0.4, -0.2) is 12.2 Å². The van der Waals surface area contributed by atoms with Crippen molar-refractivity contribution in [3.05, 3.63) is 33.3 Å². The fourth-order valence-electron chi connectivity index (χ4n) is 0.520.